The highest BCUT2D eigenvalue weighted by atomic mass is 19.1. The van der Waals surface area contributed by atoms with Gasteiger partial charge in [0.1, 0.15) is 5.82 Å². The first kappa shape index (κ1) is 17.8. The molecule has 0 N–H and O–H groups in total. The van der Waals surface area contributed by atoms with Crippen molar-refractivity contribution in [1.29, 1.82) is 0 Å². The largest absolute Gasteiger partial charge is 0.373 e. The van der Waals surface area contributed by atoms with Crippen LogP contribution in [0.4, 0.5) is 4.39 Å². The van der Waals surface area contributed by atoms with Gasteiger partial charge in [-0.15, -0.1) is 0 Å². The number of benzene rings is 1. The maximum absolute atomic E-state index is 13.6. The summed E-state index contributed by atoms with van der Waals surface area (Å²) in [5.74, 6) is -0.183. The van der Waals surface area contributed by atoms with Crippen LogP contribution in [0.2, 0.25) is 0 Å². The zero-order valence-electron chi connectivity index (χ0n) is 14.3. The lowest BCUT2D eigenvalue weighted by Gasteiger charge is -2.32. The molecule has 4 nitrogen and oxygen atoms in total. The predicted octanol–water partition coefficient (Wildman–Crippen LogP) is 3.35. The summed E-state index contributed by atoms with van der Waals surface area (Å²) in [6, 6.07) is 6.82. The second-order valence-corrected chi connectivity index (χ2v) is 6.61. The van der Waals surface area contributed by atoms with Crippen LogP contribution in [0.5, 0.6) is 0 Å². The summed E-state index contributed by atoms with van der Waals surface area (Å²) in [5.41, 5.74) is 0.640. The van der Waals surface area contributed by atoms with E-state index in [9.17, 15) is 4.39 Å². The minimum atomic E-state index is -0.183. The smallest absolute Gasteiger partial charge is 0.157 e. The van der Waals surface area contributed by atoms with Gasteiger partial charge >= 0.3 is 0 Å². The van der Waals surface area contributed by atoms with Crippen molar-refractivity contribution in [3.05, 3.63) is 35.6 Å². The molecule has 0 amide bonds. The van der Waals surface area contributed by atoms with Gasteiger partial charge in [0.2, 0.25) is 0 Å². The van der Waals surface area contributed by atoms with Gasteiger partial charge in [-0.3, -0.25) is 0 Å². The molecule has 1 atom stereocenters. The van der Waals surface area contributed by atoms with Crippen molar-refractivity contribution in [3.63, 3.8) is 0 Å². The number of nitrogens with zero attached hydrogens (tertiary/aromatic N) is 1. The van der Waals surface area contributed by atoms with E-state index in [1.807, 2.05) is 6.07 Å². The molecule has 0 aliphatic carbocycles. The Kier molecular flexibility index (Phi) is 7.02. The van der Waals surface area contributed by atoms with E-state index in [2.05, 4.69) is 4.90 Å². The molecule has 0 radical (unpaired) electrons. The maximum atomic E-state index is 13.6. The van der Waals surface area contributed by atoms with Crippen molar-refractivity contribution in [2.45, 2.75) is 51.1 Å². The molecule has 0 aromatic heterocycles. The molecule has 0 bridgehead atoms. The highest BCUT2D eigenvalue weighted by Gasteiger charge is 2.20. The maximum Gasteiger partial charge on any atom is 0.157 e. The molecule has 2 fully saturated rings. The fourth-order valence-electron chi connectivity index (χ4n) is 3.28. The summed E-state index contributed by atoms with van der Waals surface area (Å²) in [7, 11) is 0. The van der Waals surface area contributed by atoms with Crippen LogP contribution >= 0.6 is 0 Å². The van der Waals surface area contributed by atoms with Gasteiger partial charge in [-0.05, 0) is 38.2 Å². The minimum Gasteiger partial charge on any atom is -0.373 e. The van der Waals surface area contributed by atoms with E-state index in [0.29, 0.717) is 12.2 Å². The van der Waals surface area contributed by atoms with Crippen LogP contribution in [0.25, 0.3) is 0 Å². The van der Waals surface area contributed by atoms with Crippen LogP contribution < -0.4 is 0 Å². The van der Waals surface area contributed by atoms with Crippen molar-refractivity contribution in [3.8, 4) is 0 Å². The topological polar surface area (TPSA) is 30.9 Å². The first-order valence-electron chi connectivity index (χ1n) is 9.12. The third kappa shape index (κ3) is 5.52. The van der Waals surface area contributed by atoms with E-state index in [1.165, 1.54) is 12.5 Å². The molecule has 5 heteroatoms. The first-order chi connectivity index (χ1) is 11.8. The van der Waals surface area contributed by atoms with E-state index in [0.717, 1.165) is 58.5 Å². The van der Waals surface area contributed by atoms with Gasteiger partial charge in [-0.25, -0.2) is 4.39 Å². The molecule has 2 aliphatic rings. The number of ether oxygens (including phenoxy) is 3. The second kappa shape index (κ2) is 9.47. The lowest BCUT2D eigenvalue weighted by Crippen LogP contribution is -2.39. The molecule has 0 saturated carbocycles. The summed E-state index contributed by atoms with van der Waals surface area (Å²) < 4.78 is 30.8. The molecule has 134 valence electrons. The molecule has 24 heavy (non-hydrogen) atoms. The molecule has 1 unspecified atom stereocenters. The van der Waals surface area contributed by atoms with Gasteiger partial charge in [0.15, 0.2) is 6.29 Å². The number of likely N-dealkylation sites (tertiary alicyclic amines) is 1. The fraction of sp³-hybridized carbons (Fsp3) is 0.684. The van der Waals surface area contributed by atoms with Crippen molar-refractivity contribution >= 4 is 0 Å². The molecule has 2 aliphatic heterocycles. The van der Waals surface area contributed by atoms with Gasteiger partial charge in [-0.2, -0.15) is 0 Å². The third-order valence-corrected chi connectivity index (χ3v) is 4.82. The Hall–Kier alpha value is -1.01. The zero-order chi connectivity index (χ0) is 16.6. The van der Waals surface area contributed by atoms with E-state index < -0.39 is 0 Å². The van der Waals surface area contributed by atoms with Crippen molar-refractivity contribution < 1.29 is 18.6 Å². The summed E-state index contributed by atoms with van der Waals surface area (Å²) >= 11 is 0. The molecule has 2 heterocycles. The first-order valence-corrected chi connectivity index (χ1v) is 9.12. The monoisotopic (exact) mass is 337 g/mol. The summed E-state index contributed by atoms with van der Waals surface area (Å²) in [4.78, 5) is 2.41. The van der Waals surface area contributed by atoms with Crippen LogP contribution in [-0.2, 0) is 20.8 Å². The van der Waals surface area contributed by atoms with Gasteiger partial charge in [-0.1, -0.05) is 18.2 Å². The number of rotatable bonds is 7. The third-order valence-electron chi connectivity index (χ3n) is 4.82. The number of hydrogen-bond donors (Lipinski definition) is 0. The lowest BCUT2D eigenvalue weighted by molar-refractivity contribution is -0.165. The molecule has 2 saturated heterocycles. The molecule has 1 aromatic rings. The van der Waals surface area contributed by atoms with E-state index in [4.69, 9.17) is 14.2 Å². The molecule has 0 spiro atoms. The van der Waals surface area contributed by atoms with Crippen LogP contribution in [0.3, 0.4) is 0 Å². The average molecular weight is 337 g/mol. The minimum absolute atomic E-state index is 0.000362. The van der Waals surface area contributed by atoms with Crippen molar-refractivity contribution in [1.82, 2.24) is 4.90 Å². The van der Waals surface area contributed by atoms with Crippen molar-refractivity contribution in [2.24, 2.45) is 0 Å². The summed E-state index contributed by atoms with van der Waals surface area (Å²) in [5, 5.41) is 0. The Labute approximate surface area is 143 Å². The van der Waals surface area contributed by atoms with Crippen LogP contribution in [0, 0.1) is 5.82 Å². The molecule has 3 rings (SSSR count). The Bertz CT molecular complexity index is 485. The normalized spacial score (nSPS) is 23.5. The average Bonchev–Trinajstić information content (AvgIpc) is 2.63. The zero-order valence-corrected chi connectivity index (χ0v) is 14.3. The Balaban J connectivity index is 1.29. The number of hydrogen-bond acceptors (Lipinski definition) is 4. The van der Waals surface area contributed by atoms with Crippen LogP contribution in [0.1, 0.15) is 37.7 Å². The predicted molar refractivity (Wildman–Crippen MR) is 90.2 cm³/mol. The number of piperidine rings is 1. The summed E-state index contributed by atoms with van der Waals surface area (Å²) in [6.07, 6.45) is 5.59. The van der Waals surface area contributed by atoms with Gasteiger partial charge in [0.05, 0.1) is 19.3 Å². The van der Waals surface area contributed by atoms with Crippen molar-refractivity contribution in [2.75, 3.05) is 32.8 Å². The molecular formula is C19H28FNO3. The highest BCUT2D eigenvalue weighted by Crippen LogP contribution is 2.17. The quantitative estimate of drug-likeness (QED) is 0.763. The van der Waals surface area contributed by atoms with E-state index >= 15 is 0 Å². The highest BCUT2D eigenvalue weighted by molar-refractivity contribution is 5.16. The second-order valence-electron chi connectivity index (χ2n) is 6.61. The SMILES string of the molecule is Fc1ccccc1COC1CCN(CCOC2CCCCO2)CC1. The van der Waals surface area contributed by atoms with Gasteiger partial charge in [0, 0.05) is 31.8 Å². The number of halogens is 1. The Morgan fingerprint density at radius 1 is 1.08 bits per heavy atom. The van der Waals surface area contributed by atoms with E-state index in [-0.39, 0.29) is 18.2 Å². The Morgan fingerprint density at radius 3 is 2.67 bits per heavy atom. The van der Waals surface area contributed by atoms with Gasteiger partial charge in [0.25, 0.3) is 0 Å². The van der Waals surface area contributed by atoms with E-state index in [1.54, 1.807) is 12.1 Å². The fourth-order valence-corrected chi connectivity index (χ4v) is 3.28. The standard InChI is InChI=1S/C19H28FNO3/c20-18-6-2-1-5-16(18)15-24-17-8-10-21(11-9-17)12-14-23-19-7-3-4-13-22-19/h1-2,5-6,17,19H,3-4,7-15H2. The Morgan fingerprint density at radius 2 is 1.92 bits per heavy atom. The van der Waals surface area contributed by atoms with Gasteiger partial charge < -0.3 is 19.1 Å². The molecule has 1 aromatic carbocycles. The summed E-state index contributed by atoms with van der Waals surface area (Å²) in [6.45, 7) is 4.88. The van der Waals surface area contributed by atoms with Crippen LogP contribution in [0.15, 0.2) is 24.3 Å². The molecular weight excluding hydrogens is 309 g/mol. The van der Waals surface area contributed by atoms with Crippen LogP contribution in [-0.4, -0.2) is 50.1 Å². The lowest BCUT2D eigenvalue weighted by atomic mass is 10.1.